The molecule has 0 atom stereocenters. The highest BCUT2D eigenvalue weighted by molar-refractivity contribution is 9.10. The van der Waals surface area contributed by atoms with Crippen LogP contribution in [0.5, 0.6) is 5.75 Å². The number of thiophene rings is 2. The van der Waals surface area contributed by atoms with E-state index in [1.54, 1.807) is 24.3 Å². The minimum absolute atomic E-state index is 0.0252. The van der Waals surface area contributed by atoms with Crippen molar-refractivity contribution in [1.82, 2.24) is 0 Å². The summed E-state index contributed by atoms with van der Waals surface area (Å²) in [5.41, 5.74) is 0.285. The van der Waals surface area contributed by atoms with Gasteiger partial charge >= 0.3 is 11.9 Å². The third-order valence-corrected chi connectivity index (χ3v) is 9.61. The summed E-state index contributed by atoms with van der Waals surface area (Å²) in [6.45, 7) is 0. The molecule has 0 N–H and O–H groups in total. The molecule has 6 rings (SSSR count). The lowest BCUT2D eigenvalue weighted by atomic mass is 10.1. The van der Waals surface area contributed by atoms with Crippen LogP contribution in [-0.4, -0.2) is 22.8 Å². The van der Waals surface area contributed by atoms with E-state index >= 15 is 0 Å². The van der Waals surface area contributed by atoms with Crippen LogP contribution >= 0.6 is 61.8 Å². The number of ether oxygens (including phenoxy) is 2. The monoisotopic (exact) mass is 672 g/mol. The molecule has 1 aliphatic heterocycles. The number of cyclic esters (lactones) is 1. The van der Waals surface area contributed by atoms with E-state index in [2.05, 4.69) is 20.9 Å². The quantitative estimate of drug-likeness (QED) is 0.0607. The number of non-ortho nitro benzene ring substituents is 1. The molecule has 0 bridgehead atoms. The molecule has 198 valence electrons. The van der Waals surface area contributed by atoms with E-state index < -0.39 is 16.9 Å². The van der Waals surface area contributed by atoms with Gasteiger partial charge < -0.3 is 9.47 Å². The Bertz CT molecular complexity index is 1980. The standard InChI is InChI=1S/C27H11BrCl2N2O6S2/c28-13-5-7-15-19(10-13)40-24(22(15)30)27(34)37-18-4-2-1-3-12(18)9-17-26(33)38-25(31-17)23-21(29)16-8-6-14(32(35)36)11-20(16)39-23/h1-11H/b17-9+. The maximum Gasteiger partial charge on any atom is 0.363 e. The summed E-state index contributed by atoms with van der Waals surface area (Å²) in [6, 6.07) is 16.5. The summed E-state index contributed by atoms with van der Waals surface area (Å²) in [7, 11) is 0. The number of para-hydroxylation sites is 1. The zero-order valence-electron chi connectivity index (χ0n) is 19.6. The Kier molecular flexibility index (Phi) is 6.93. The number of carbonyl (C=O) groups excluding carboxylic acids is 2. The van der Waals surface area contributed by atoms with Crippen molar-refractivity contribution >= 4 is 112 Å². The number of halogens is 3. The fraction of sp³-hybridized carbons (Fsp3) is 0. The molecule has 5 aromatic rings. The summed E-state index contributed by atoms with van der Waals surface area (Å²) in [5, 5.41) is 13.0. The number of esters is 2. The van der Waals surface area contributed by atoms with Crippen LogP contribution in [0, 0.1) is 10.1 Å². The van der Waals surface area contributed by atoms with Crippen molar-refractivity contribution in [1.29, 1.82) is 0 Å². The molecule has 0 amide bonds. The maximum atomic E-state index is 13.1. The van der Waals surface area contributed by atoms with Crippen molar-refractivity contribution in [3.8, 4) is 5.75 Å². The molecule has 2 aromatic heterocycles. The Hall–Kier alpha value is -3.61. The van der Waals surface area contributed by atoms with Gasteiger partial charge in [0.15, 0.2) is 5.70 Å². The molecule has 0 fully saturated rings. The second kappa shape index (κ2) is 10.4. The Balaban J connectivity index is 1.32. The summed E-state index contributed by atoms with van der Waals surface area (Å²) >= 11 is 18.7. The molecule has 0 aliphatic carbocycles. The van der Waals surface area contributed by atoms with Gasteiger partial charge in [0.1, 0.15) is 15.5 Å². The van der Waals surface area contributed by atoms with E-state index in [0.29, 0.717) is 25.5 Å². The largest absolute Gasteiger partial charge is 0.422 e. The predicted octanol–water partition coefficient (Wildman–Crippen LogP) is 8.66. The minimum Gasteiger partial charge on any atom is -0.422 e. The van der Waals surface area contributed by atoms with E-state index in [-0.39, 0.29) is 32.9 Å². The number of nitrogens with zero attached hydrogens (tertiary/aromatic N) is 2. The van der Waals surface area contributed by atoms with Gasteiger partial charge in [0.25, 0.3) is 5.69 Å². The van der Waals surface area contributed by atoms with Gasteiger partial charge in [0.2, 0.25) is 5.90 Å². The summed E-state index contributed by atoms with van der Waals surface area (Å²) < 4.78 is 13.3. The van der Waals surface area contributed by atoms with E-state index in [9.17, 15) is 19.7 Å². The van der Waals surface area contributed by atoms with Crippen LogP contribution in [0.3, 0.4) is 0 Å². The Morgan fingerprint density at radius 2 is 1.75 bits per heavy atom. The summed E-state index contributed by atoms with van der Waals surface area (Å²) in [6.07, 6.45) is 1.44. The van der Waals surface area contributed by atoms with Gasteiger partial charge in [-0.05, 0) is 30.3 Å². The van der Waals surface area contributed by atoms with Crippen molar-refractivity contribution in [2.45, 2.75) is 0 Å². The van der Waals surface area contributed by atoms with Gasteiger partial charge in [-0.15, -0.1) is 22.7 Å². The number of nitro groups is 1. The molecule has 1 aliphatic rings. The lowest BCUT2D eigenvalue weighted by Gasteiger charge is -2.07. The normalized spacial score (nSPS) is 14.1. The summed E-state index contributed by atoms with van der Waals surface area (Å²) in [5.74, 6) is -1.20. The molecule has 0 radical (unpaired) electrons. The highest BCUT2D eigenvalue weighted by Gasteiger charge is 2.29. The van der Waals surface area contributed by atoms with Crippen molar-refractivity contribution in [3.63, 3.8) is 0 Å². The van der Waals surface area contributed by atoms with Crippen molar-refractivity contribution in [2.75, 3.05) is 0 Å². The zero-order chi connectivity index (χ0) is 28.1. The van der Waals surface area contributed by atoms with Crippen LogP contribution in [0.4, 0.5) is 5.69 Å². The second-order valence-electron chi connectivity index (χ2n) is 8.33. The van der Waals surface area contributed by atoms with Crippen LogP contribution in [-0.2, 0) is 9.53 Å². The van der Waals surface area contributed by atoms with Gasteiger partial charge in [-0.3, -0.25) is 10.1 Å². The van der Waals surface area contributed by atoms with Crippen LogP contribution in [0.2, 0.25) is 10.0 Å². The zero-order valence-corrected chi connectivity index (χ0v) is 24.4. The van der Waals surface area contributed by atoms with Gasteiger partial charge in [-0.1, -0.05) is 63.4 Å². The lowest BCUT2D eigenvalue weighted by Crippen LogP contribution is -2.08. The van der Waals surface area contributed by atoms with E-state index in [4.69, 9.17) is 32.7 Å². The second-order valence-corrected chi connectivity index (χ2v) is 12.1. The summed E-state index contributed by atoms with van der Waals surface area (Å²) in [4.78, 5) is 41.3. The number of fused-ring (bicyclic) bond motifs is 2. The number of hydrogen-bond donors (Lipinski definition) is 0. The van der Waals surface area contributed by atoms with Gasteiger partial charge in [-0.2, -0.15) is 0 Å². The molecule has 13 heteroatoms. The minimum atomic E-state index is -0.728. The first kappa shape index (κ1) is 26.6. The van der Waals surface area contributed by atoms with Crippen LogP contribution in [0.1, 0.15) is 20.1 Å². The average Bonchev–Trinajstić information content (AvgIpc) is 3.57. The first-order valence-corrected chi connectivity index (χ1v) is 14.5. The molecule has 8 nitrogen and oxygen atoms in total. The lowest BCUT2D eigenvalue weighted by molar-refractivity contribution is -0.384. The average molecular weight is 674 g/mol. The Morgan fingerprint density at radius 1 is 1.02 bits per heavy atom. The third-order valence-electron chi connectivity index (χ3n) is 5.83. The van der Waals surface area contributed by atoms with E-state index in [1.807, 2.05) is 18.2 Å². The van der Waals surface area contributed by atoms with E-state index in [1.165, 1.54) is 35.6 Å². The van der Waals surface area contributed by atoms with Crippen molar-refractivity contribution in [2.24, 2.45) is 4.99 Å². The predicted molar refractivity (Wildman–Crippen MR) is 160 cm³/mol. The van der Waals surface area contributed by atoms with Gasteiger partial charge in [0, 0.05) is 42.3 Å². The number of rotatable bonds is 5. The topological polar surface area (TPSA) is 108 Å². The van der Waals surface area contributed by atoms with Gasteiger partial charge in [-0.25, -0.2) is 14.6 Å². The number of carbonyl (C=O) groups is 2. The maximum absolute atomic E-state index is 13.1. The molecule has 3 aromatic carbocycles. The van der Waals surface area contributed by atoms with Crippen LogP contribution in [0.15, 0.2) is 75.8 Å². The molecule has 0 spiro atoms. The molecular weight excluding hydrogens is 663 g/mol. The Labute approximate surface area is 251 Å². The number of nitro benzene ring substituents is 1. The number of benzene rings is 3. The van der Waals surface area contributed by atoms with E-state index in [0.717, 1.165) is 25.9 Å². The smallest absolute Gasteiger partial charge is 0.363 e. The van der Waals surface area contributed by atoms with Crippen molar-refractivity contribution in [3.05, 3.63) is 106 Å². The highest BCUT2D eigenvalue weighted by atomic mass is 79.9. The molecule has 0 unspecified atom stereocenters. The highest BCUT2D eigenvalue weighted by Crippen LogP contribution is 2.40. The number of aliphatic imine (C=N–C) groups is 1. The molecule has 40 heavy (non-hydrogen) atoms. The SMILES string of the molecule is O=C1OC(c2sc3cc([N+](=O)[O-])ccc3c2Cl)=N/C1=C/c1ccccc1OC(=O)c1sc2cc(Br)ccc2c1Cl. The Morgan fingerprint density at radius 3 is 2.55 bits per heavy atom. The fourth-order valence-corrected chi connectivity index (χ4v) is 7.38. The first-order valence-electron chi connectivity index (χ1n) is 11.3. The molecular formula is C27H11BrCl2N2O6S2. The molecule has 3 heterocycles. The molecule has 0 saturated heterocycles. The third kappa shape index (κ3) is 4.80. The van der Waals surface area contributed by atoms with Crippen molar-refractivity contribution < 1.29 is 24.0 Å². The fourth-order valence-electron chi connectivity index (χ4n) is 3.97. The van der Waals surface area contributed by atoms with Crippen LogP contribution in [0.25, 0.3) is 26.2 Å². The van der Waals surface area contributed by atoms with Gasteiger partial charge in [0.05, 0.1) is 15.0 Å². The molecule has 0 saturated carbocycles. The van der Waals surface area contributed by atoms with Crippen LogP contribution < -0.4 is 4.74 Å². The number of hydrogen-bond acceptors (Lipinski definition) is 9. The first-order chi connectivity index (χ1) is 19.2.